The quantitative estimate of drug-likeness (QED) is 0.460. The number of amides is 1. The molecule has 0 spiro atoms. The lowest BCUT2D eigenvalue weighted by molar-refractivity contribution is -0.137. The van der Waals surface area contributed by atoms with Gasteiger partial charge in [0.05, 0.1) is 34.8 Å². The van der Waals surface area contributed by atoms with Crippen molar-refractivity contribution in [3.63, 3.8) is 0 Å². The molecule has 0 aliphatic carbocycles. The Morgan fingerprint density at radius 1 is 1.09 bits per heavy atom. The minimum atomic E-state index is -4.42. The molecule has 0 unspecified atom stereocenters. The van der Waals surface area contributed by atoms with E-state index in [-0.39, 0.29) is 11.6 Å². The SMILES string of the molecule is Cc1nc2cnc(C(=O)N(C)c3ccc(C#N)cc3)cn2c1-c1ccc(C(F)(F)F)cc1. The summed E-state index contributed by atoms with van der Waals surface area (Å²) in [5, 5.41) is 8.93. The molecule has 4 rings (SSSR count). The largest absolute Gasteiger partial charge is 0.416 e. The molecule has 2 aromatic heterocycles. The first-order valence-corrected chi connectivity index (χ1v) is 9.49. The molecule has 0 N–H and O–H groups in total. The van der Waals surface area contributed by atoms with Crippen molar-refractivity contribution in [2.24, 2.45) is 0 Å². The van der Waals surface area contributed by atoms with Crippen LogP contribution in [0.5, 0.6) is 0 Å². The summed E-state index contributed by atoms with van der Waals surface area (Å²) in [6.07, 6.45) is -1.46. The number of carbonyl (C=O) groups excluding carboxylic acids is 1. The van der Waals surface area contributed by atoms with Crippen LogP contribution in [-0.2, 0) is 6.18 Å². The Bertz CT molecular complexity index is 1350. The van der Waals surface area contributed by atoms with Gasteiger partial charge in [0.1, 0.15) is 5.69 Å². The number of benzene rings is 2. The summed E-state index contributed by atoms with van der Waals surface area (Å²) >= 11 is 0. The fourth-order valence-electron chi connectivity index (χ4n) is 3.40. The maximum atomic E-state index is 13.0. The highest BCUT2D eigenvalue weighted by molar-refractivity contribution is 6.04. The molecule has 0 bridgehead atoms. The smallest absolute Gasteiger partial charge is 0.310 e. The lowest BCUT2D eigenvalue weighted by Gasteiger charge is -2.17. The number of rotatable bonds is 3. The third-order valence-electron chi connectivity index (χ3n) is 5.08. The molecule has 160 valence electrons. The molecular formula is C23H16F3N5O. The number of hydrogen-bond donors (Lipinski definition) is 0. The van der Waals surface area contributed by atoms with Gasteiger partial charge in [-0.25, -0.2) is 9.97 Å². The lowest BCUT2D eigenvalue weighted by Crippen LogP contribution is -2.27. The third-order valence-corrected chi connectivity index (χ3v) is 5.08. The summed E-state index contributed by atoms with van der Waals surface area (Å²) in [5.74, 6) is -0.388. The molecule has 0 atom stereocenters. The predicted molar refractivity (Wildman–Crippen MR) is 112 cm³/mol. The Kier molecular flexibility index (Phi) is 5.14. The van der Waals surface area contributed by atoms with Gasteiger partial charge in [-0.05, 0) is 43.3 Å². The van der Waals surface area contributed by atoms with Crippen molar-refractivity contribution in [2.75, 3.05) is 11.9 Å². The Labute approximate surface area is 181 Å². The van der Waals surface area contributed by atoms with Crippen molar-refractivity contribution in [3.05, 3.63) is 83.4 Å². The molecule has 0 fully saturated rings. The summed E-state index contributed by atoms with van der Waals surface area (Å²) in [6, 6.07) is 13.3. The number of halogens is 3. The monoisotopic (exact) mass is 435 g/mol. The Hall–Kier alpha value is -4.19. The maximum absolute atomic E-state index is 13.0. The lowest BCUT2D eigenvalue weighted by atomic mass is 10.1. The highest BCUT2D eigenvalue weighted by Crippen LogP contribution is 2.32. The molecule has 1 amide bonds. The maximum Gasteiger partial charge on any atom is 0.416 e. The molecule has 9 heteroatoms. The number of imidazole rings is 1. The van der Waals surface area contributed by atoms with E-state index in [1.807, 2.05) is 6.07 Å². The fraction of sp³-hybridized carbons (Fsp3) is 0.130. The number of carbonyl (C=O) groups is 1. The second kappa shape index (κ2) is 7.81. The van der Waals surface area contributed by atoms with E-state index in [1.165, 1.54) is 29.4 Å². The molecule has 4 aromatic rings. The number of alkyl halides is 3. The van der Waals surface area contributed by atoms with E-state index in [0.717, 1.165) is 12.1 Å². The number of hydrogen-bond acceptors (Lipinski definition) is 4. The molecule has 0 saturated heterocycles. The van der Waals surface area contributed by atoms with Crippen molar-refractivity contribution in [1.82, 2.24) is 14.4 Å². The number of fused-ring (bicyclic) bond motifs is 1. The van der Waals surface area contributed by atoms with Crippen LogP contribution < -0.4 is 4.90 Å². The summed E-state index contributed by atoms with van der Waals surface area (Å²) in [6.45, 7) is 1.74. The van der Waals surface area contributed by atoms with Crippen LogP contribution in [0.15, 0.2) is 60.9 Å². The standard InChI is InChI=1S/C23H16F3N5O/c1-14-21(16-5-7-17(8-6-16)23(24,25)26)31-13-19(28-12-20(31)29-14)22(32)30(2)18-9-3-15(11-27)4-10-18/h3-10,12-13H,1-2H3. The highest BCUT2D eigenvalue weighted by Gasteiger charge is 2.30. The molecule has 2 aromatic carbocycles. The normalized spacial score (nSPS) is 11.4. The summed E-state index contributed by atoms with van der Waals surface area (Å²) in [7, 11) is 1.59. The van der Waals surface area contributed by atoms with Crippen molar-refractivity contribution >= 4 is 17.2 Å². The van der Waals surface area contributed by atoms with Gasteiger partial charge in [-0.2, -0.15) is 18.4 Å². The van der Waals surface area contributed by atoms with Crippen LogP contribution in [-0.4, -0.2) is 27.3 Å². The van der Waals surface area contributed by atoms with E-state index >= 15 is 0 Å². The van der Waals surface area contributed by atoms with Crippen LogP contribution >= 0.6 is 0 Å². The van der Waals surface area contributed by atoms with Crippen LogP contribution in [0.25, 0.3) is 16.9 Å². The second-order valence-electron chi connectivity index (χ2n) is 7.14. The first-order chi connectivity index (χ1) is 15.2. The van der Waals surface area contributed by atoms with E-state index in [4.69, 9.17) is 5.26 Å². The van der Waals surface area contributed by atoms with E-state index in [9.17, 15) is 18.0 Å². The van der Waals surface area contributed by atoms with Crippen molar-refractivity contribution in [1.29, 1.82) is 5.26 Å². The minimum absolute atomic E-state index is 0.134. The van der Waals surface area contributed by atoms with Gasteiger partial charge in [0.2, 0.25) is 0 Å². The molecule has 0 aliphatic heterocycles. The summed E-state index contributed by atoms with van der Waals surface area (Å²) < 4.78 is 40.4. The van der Waals surface area contributed by atoms with Gasteiger partial charge >= 0.3 is 6.18 Å². The van der Waals surface area contributed by atoms with Crippen LogP contribution in [0.4, 0.5) is 18.9 Å². The van der Waals surface area contributed by atoms with Gasteiger partial charge < -0.3 is 4.90 Å². The minimum Gasteiger partial charge on any atom is -0.310 e. The van der Waals surface area contributed by atoms with Crippen molar-refractivity contribution in [3.8, 4) is 17.3 Å². The highest BCUT2D eigenvalue weighted by atomic mass is 19.4. The number of nitriles is 1. The predicted octanol–water partition coefficient (Wildman–Crippen LogP) is 4.87. The van der Waals surface area contributed by atoms with Crippen LogP contribution in [0.3, 0.4) is 0 Å². The fourth-order valence-corrected chi connectivity index (χ4v) is 3.40. The zero-order valence-electron chi connectivity index (χ0n) is 17.1. The number of aryl methyl sites for hydroxylation is 1. The van der Waals surface area contributed by atoms with Crippen LogP contribution in [0.1, 0.15) is 27.3 Å². The number of anilines is 1. The Balaban J connectivity index is 1.72. The zero-order chi connectivity index (χ0) is 23.0. The van der Waals surface area contributed by atoms with Crippen LogP contribution in [0.2, 0.25) is 0 Å². The van der Waals surface area contributed by atoms with Crippen molar-refractivity contribution in [2.45, 2.75) is 13.1 Å². The second-order valence-corrected chi connectivity index (χ2v) is 7.14. The van der Waals surface area contributed by atoms with E-state index in [0.29, 0.717) is 33.8 Å². The zero-order valence-corrected chi connectivity index (χ0v) is 17.1. The van der Waals surface area contributed by atoms with E-state index < -0.39 is 11.7 Å². The van der Waals surface area contributed by atoms with E-state index in [1.54, 1.807) is 42.6 Å². The molecule has 0 aliphatic rings. The molecule has 6 nitrogen and oxygen atoms in total. The van der Waals surface area contributed by atoms with E-state index in [2.05, 4.69) is 9.97 Å². The molecule has 0 saturated carbocycles. The molecule has 2 heterocycles. The Morgan fingerprint density at radius 2 is 1.75 bits per heavy atom. The van der Waals surface area contributed by atoms with Gasteiger partial charge in [-0.1, -0.05) is 12.1 Å². The van der Waals surface area contributed by atoms with Crippen molar-refractivity contribution < 1.29 is 18.0 Å². The Morgan fingerprint density at radius 3 is 2.34 bits per heavy atom. The van der Waals surface area contributed by atoms with Gasteiger partial charge in [0, 0.05) is 24.5 Å². The molecular weight excluding hydrogens is 419 g/mol. The number of nitrogens with zero attached hydrogens (tertiary/aromatic N) is 5. The van der Waals surface area contributed by atoms with Gasteiger partial charge in [0.15, 0.2) is 5.65 Å². The van der Waals surface area contributed by atoms with Gasteiger partial charge in [0.25, 0.3) is 5.91 Å². The number of aromatic nitrogens is 3. The van der Waals surface area contributed by atoms with Gasteiger partial charge in [-0.15, -0.1) is 0 Å². The average Bonchev–Trinajstić information content (AvgIpc) is 3.12. The molecule has 32 heavy (non-hydrogen) atoms. The first-order valence-electron chi connectivity index (χ1n) is 9.49. The summed E-state index contributed by atoms with van der Waals surface area (Å²) in [4.78, 5) is 23.0. The summed E-state index contributed by atoms with van der Waals surface area (Å²) in [5.41, 5.74) is 2.62. The first kappa shape index (κ1) is 21.1. The average molecular weight is 435 g/mol. The topological polar surface area (TPSA) is 74.3 Å². The van der Waals surface area contributed by atoms with Gasteiger partial charge in [-0.3, -0.25) is 9.20 Å². The molecule has 0 radical (unpaired) electrons. The third kappa shape index (κ3) is 3.78. The van der Waals surface area contributed by atoms with Crippen LogP contribution in [0, 0.1) is 18.3 Å².